The average Bonchev–Trinajstić information content (AvgIpc) is 2.89. The predicted molar refractivity (Wildman–Crippen MR) is 120 cm³/mol. The lowest BCUT2D eigenvalue weighted by atomic mass is 9.46. The third kappa shape index (κ3) is 3.10. The van der Waals surface area contributed by atoms with Crippen molar-refractivity contribution in [3.8, 4) is 0 Å². The van der Waals surface area contributed by atoms with Crippen LogP contribution in [0.1, 0.15) is 79.6 Å². The lowest BCUT2D eigenvalue weighted by Gasteiger charge is -2.59. The Balaban J connectivity index is 1.54. The number of aliphatic hydroxyl groups is 1. The standard InChI is InChI=1S/C25H44O2Si/c1-23(2,3)28(6,7)27-18-12-14-24(4)17(16-18)8-9-19-20-10-11-22(26)25(20,5)15-13-21(19)24/h12,14,17-22,26H,8-11,13,15-16H2,1-7H3/t17-,18-,19-,20-,21-,22-,24-,25-/m0/s1. The Bertz CT molecular complexity index is 635. The molecule has 4 aliphatic carbocycles. The van der Waals surface area contributed by atoms with E-state index in [0.29, 0.717) is 11.5 Å². The molecule has 8 atom stereocenters. The first kappa shape index (κ1) is 21.1. The first-order valence-corrected chi connectivity index (χ1v) is 14.8. The molecule has 0 aromatic heterocycles. The molecule has 0 aromatic carbocycles. The van der Waals surface area contributed by atoms with Crippen molar-refractivity contribution in [2.24, 2.45) is 34.5 Å². The molecular formula is C25H44O2Si. The number of aliphatic hydroxyl groups excluding tert-OH is 1. The summed E-state index contributed by atoms with van der Waals surface area (Å²) in [6, 6.07) is 0. The molecule has 3 fully saturated rings. The van der Waals surface area contributed by atoms with Crippen LogP contribution in [0.2, 0.25) is 18.1 Å². The lowest BCUT2D eigenvalue weighted by molar-refractivity contribution is -0.0989. The quantitative estimate of drug-likeness (QED) is 0.417. The van der Waals surface area contributed by atoms with Crippen molar-refractivity contribution in [3.05, 3.63) is 12.2 Å². The van der Waals surface area contributed by atoms with Gasteiger partial charge in [0, 0.05) is 0 Å². The molecule has 3 heteroatoms. The summed E-state index contributed by atoms with van der Waals surface area (Å²) >= 11 is 0. The molecule has 0 amide bonds. The highest BCUT2D eigenvalue weighted by Crippen LogP contribution is 2.65. The fraction of sp³-hybridized carbons (Fsp3) is 0.920. The minimum Gasteiger partial charge on any atom is -0.411 e. The topological polar surface area (TPSA) is 29.5 Å². The molecule has 3 saturated carbocycles. The largest absolute Gasteiger partial charge is 0.411 e. The second-order valence-corrected chi connectivity index (χ2v) is 17.4. The van der Waals surface area contributed by atoms with Crippen LogP contribution in [0.15, 0.2) is 12.2 Å². The van der Waals surface area contributed by atoms with Crippen LogP contribution in [-0.2, 0) is 4.43 Å². The third-order valence-electron chi connectivity index (χ3n) is 10.4. The molecule has 0 saturated heterocycles. The lowest BCUT2D eigenvalue weighted by Crippen LogP contribution is -2.54. The van der Waals surface area contributed by atoms with Gasteiger partial charge in [-0.2, -0.15) is 0 Å². The van der Waals surface area contributed by atoms with E-state index in [0.717, 1.165) is 30.1 Å². The molecule has 0 spiro atoms. The van der Waals surface area contributed by atoms with Crippen molar-refractivity contribution < 1.29 is 9.53 Å². The third-order valence-corrected chi connectivity index (χ3v) is 14.9. The van der Waals surface area contributed by atoms with E-state index in [1.54, 1.807) is 0 Å². The number of fused-ring (bicyclic) bond motifs is 5. The van der Waals surface area contributed by atoms with Gasteiger partial charge >= 0.3 is 0 Å². The summed E-state index contributed by atoms with van der Waals surface area (Å²) in [7, 11) is -1.72. The Kier molecular flexibility index (Phi) is 5.04. The molecule has 0 unspecified atom stereocenters. The highest BCUT2D eigenvalue weighted by Gasteiger charge is 2.59. The molecule has 0 heterocycles. The normalized spacial score (nSPS) is 48.7. The number of hydrogen-bond acceptors (Lipinski definition) is 2. The maximum atomic E-state index is 10.7. The molecule has 160 valence electrons. The van der Waals surface area contributed by atoms with Crippen molar-refractivity contribution in [2.75, 3.05) is 0 Å². The summed E-state index contributed by atoms with van der Waals surface area (Å²) in [6.45, 7) is 16.8. The van der Waals surface area contributed by atoms with Gasteiger partial charge in [-0.15, -0.1) is 0 Å². The predicted octanol–water partition coefficient (Wildman–Crippen LogP) is 6.56. The molecule has 4 aliphatic rings. The van der Waals surface area contributed by atoms with Gasteiger partial charge < -0.3 is 9.53 Å². The Morgan fingerprint density at radius 1 is 1.00 bits per heavy atom. The molecular weight excluding hydrogens is 360 g/mol. The number of allylic oxidation sites excluding steroid dienone is 1. The maximum absolute atomic E-state index is 10.7. The smallest absolute Gasteiger partial charge is 0.192 e. The summed E-state index contributed by atoms with van der Waals surface area (Å²) in [5.41, 5.74) is 0.530. The monoisotopic (exact) mass is 404 g/mol. The number of rotatable bonds is 2. The Hall–Kier alpha value is -0.123. The van der Waals surface area contributed by atoms with Crippen molar-refractivity contribution in [2.45, 2.75) is 110 Å². The zero-order chi connectivity index (χ0) is 20.5. The van der Waals surface area contributed by atoms with Gasteiger partial charge in [-0.1, -0.05) is 46.8 Å². The van der Waals surface area contributed by atoms with Gasteiger partial charge in [-0.05, 0) is 97.6 Å². The fourth-order valence-corrected chi connectivity index (χ4v) is 8.68. The van der Waals surface area contributed by atoms with Gasteiger partial charge in [0.25, 0.3) is 0 Å². The molecule has 0 aromatic rings. The number of hydrogen-bond donors (Lipinski definition) is 1. The van der Waals surface area contributed by atoms with Crippen LogP contribution in [0.25, 0.3) is 0 Å². The Morgan fingerprint density at radius 3 is 2.39 bits per heavy atom. The van der Waals surface area contributed by atoms with Gasteiger partial charge in [0.1, 0.15) is 0 Å². The van der Waals surface area contributed by atoms with Crippen molar-refractivity contribution in [1.82, 2.24) is 0 Å². The fourth-order valence-electron chi connectivity index (χ4n) is 7.39. The summed E-state index contributed by atoms with van der Waals surface area (Å²) < 4.78 is 6.79. The first-order chi connectivity index (χ1) is 12.9. The van der Waals surface area contributed by atoms with E-state index in [-0.39, 0.29) is 16.6 Å². The van der Waals surface area contributed by atoms with E-state index >= 15 is 0 Å². The molecule has 1 N–H and O–H groups in total. The molecule has 28 heavy (non-hydrogen) atoms. The maximum Gasteiger partial charge on any atom is 0.192 e. The van der Waals surface area contributed by atoms with Gasteiger partial charge in [0.05, 0.1) is 12.2 Å². The molecule has 0 bridgehead atoms. The zero-order valence-electron chi connectivity index (χ0n) is 19.4. The summed E-state index contributed by atoms with van der Waals surface area (Å²) in [5, 5.41) is 10.9. The second-order valence-electron chi connectivity index (χ2n) is 12.7. The highest BCUT2D eigenvalue weighted by atomic mass is 28.4. The Labute approximate surface area is 174 Å². The second kappa shape index (κ2) is 6.69. The highest BCUT2D eigenvalue weighted by molar-refractivity contribution is 6.74. The van der Waals surface area contributed by atoms with E-state index in [1.807, 2.05) is 0 Å². The minimum atomic E-state index is -1.72. The van der Waals surface area contributed by atoms with E-state index in [4.69, 9.17) is 4.43 Å². The SMILES string of the molecule is CC(C)(C)[Si](C)(C)O[C@H]1C=C[C@@]2(C)[C@@H](CC[C@@H]3[C@@H]2CC[C@]2(C)[C@@H](O)CC[C@@H]32)C1. The zero-order valence-corrected chi connectivity index (χ0v) is 20.4. The summed E-state index contributed by atoms with van der Waals surface area (Å²) in [6.07, 6.45) is 14.0. The van der Waals surface area contributed by atoms with E-state index in [1.165, 1.54) is 38.5 Å². The van der Waals surface area contributed by atoms with Gasteiger partial charge in [0.15, 0.2) is 8.32 Å². The van der Waals surface area contributed by atoms with Crippen LogP contribution in [0, 0.1) is 34.5 Å². The molecule has 0 radical (unpaired) electrons. The molecule has 0 aliphatic heterocycles. The van der Waals surface area contributed by atoms with Crippen molar-refractivity contribution in [3.63, 3.8) is 0 Å². The van der Waals surface area contributed by atoms with Gasteiger partial charge in [0.2, 0.25) is 0 Å². The van der Waals surface area contributed by atoms with Crippen LogP contribution < -0.4 is 0 Å². The van der Waals surface area contributed by atoms with E-state index < -0.39 is 8.32 Å². The summed E-state index contributed by atoms with van der Waals surface area (Å²) in [5.74, 6) is 3.14. The minimum absolute atomic E-state index is 0.0618. The van der Waals surface area contributed by atoms with Crippen LogP contribution in [0.5, 0.6) is 0 Å². The van der Waals surface area contributed by atoms with Gasteiger partial charge in [-0.25, -0.2) is 0 Å². The van der Waals surface area contributed by atoms with Crippen LogP contribution in [0.4, 0.5) is 0 Å². The average molecular weight is 405 g/mol. The summed E-state index contributed by atoms with van der Waals surface area (Å²) in [4.78, 5) is 0. The van der Waals surface area contributed by atoms with Crippen LogP contribution in [-0.4, -0.2) is 25.6 Å². The van der Waals surface area contributed by atoms with Gasteiger partial charge in [-0.3, -0.25) is 0 Å². The van der Waals surface area contributed by atoms with Crippen molar-refractivity contribution in [1.29, 1.82) is 0 Å². The van der Waals surface area contributed by atoms with E-state index in [2.05, 4.69) is 59.9 Å². The van der Waals surface area contributed by atoms with Crippen LogP contribution in [0.3, 0.4) is 0 Å². The molecule has 2 nitrogen and oxygen atoms in total. The first-order valence-electron chi connectivity index (χ1n) is 11.9. The Morgan fingerprint density at radius 2 is 1.71 bits per heavy atom. The van der Waals surface area contributed by atoms with Crippen LogP contribution >= 0.6 is 0 Å². The molecule has 4 rings (SSSR count). The van der Waals surface area contributed by atoms with E-state index in [9.17, 15) is 5.11 Å². The van der Waals surface area contributed by atoms with Crippen molar-refractivity contribution >= 4 is 8.32 Å².